The number of allylic oxidation sites excluding steroid dienone is 1. The summed E-state index contributed by atoms with van der Waals surface area (Å²) in [7, 11) is 0. The fourth-order valence-corrected chi connectivity index (χ4v) is 1.37. The summed E-state index contributed by atoms with van der Waals surface area (Å²) in [6.07, 6.45) is 0.362. The van der Waals surface area contributed by atoms with Gasteiger partial charge in [-0.15, -0.1) is 0 Å². The standard InChI is InChI=1S/C12H13FO2/c1-3-10(11(13)12(14)15)9-6-4-8(2)5-7-9/h4-7H,3H2,1-2H3,(H,14,15). The summed E-state index contributed by atoms with van der Waals surface area (Å²) in [5.74, 6) is -2.58. The molecule has 0 amide bonds. The predicted molar refractivity (Wildman–Crippen MR) is 57.1 cm³/mol. The Morgan fingerprint density at radius 3 is 2.27 bits per heavy atom. The smallest absolute Gasteiger partial charge is 0.365 e. The third kappa shape index (κ3) is 2.65. The molecule has 1 aromatic carbocycles. The Morgan fingerprint density at radius 2 is 1.87 bits per heavy atom. The lowest BCUT2D eigenvalue weighted by Gasteiger charge is -2.05. The molecule has 1 rings (SSSR count). The van der Waals surface area contributed by atoms with Crippen LogP contribution in [-0.2, 0) is 4.79 Å². The van der Waals surface area contributed by atoms with Gasteiger partial charge in [-0.1, -0.05) is 36.8 Å². The molecule has 3 heteroatoms. The van der Waals surface area contributed by atoms with Crippen molar-refractivity contribution >= 4 is 11.5 Å². The minimum Gasteiger partial charge on any atom is -0.476 e. The molecule has 0 heterocycles. The SMILES string of the molecule is CCC(=C(F)C(=O)O)c1ccc(C)cc1. The van der Waals surface area contributed by atoms with Gasteiger partial charge in [-0.25, -0.2) is 4.79 Å². The van der Waals surface area contributed by atoms with Crippen LogP contribution in [0.15, 0.2) is 30.1 Å². The van der Waals surface area contributed by atoms with E-state index in [4.69, 9.17) is 5.11 Å². The Morgan fingerprint density at radius 1 is 1.33 bits per heavy atom. The number of halogens is 1. The molecule has 2 nitrogen and oxygen atoms in total. The molecule has 0 atom stereocenters. The van der Waals surface area contributed by atoms with E-state index in [1.807, 2.05) is 19.1 Å². The van der Waals surface area contributed by atoms with Gasteiger partial charge in [-0.2, -0.15) is 4.39 Å². The van der Waals surface area contributed by atoms with Crippen molar-refractivity contribution in [1.29, 1.82) is 0 Å². The van der Waals surface area contributed by atoms with Crippen molar-refractivity contribution in [2.75, 3.05) is 0 Å². The number of benzene rings is 1. The van der Waals surface area contributed by atoms with E-state index in [0.717, 1.165) is 5.56 Å². The maximum Gasteiger partial charge on any atom is 0.365 e. The lowest BCUT2D eigenvalue weighted by Crippen LogP contribution is -1.99. The maximum absolute atomic E-state index is 13.3. The predicted octanol–water partition coefficient (Wildman–Crippen LogP) is 3.17. The maximum atomic E-state index is 13.3. The van der Waals surface area contributed by atoms with Gasteiger partial charge >= 0.3 is 5.97 Å². The molecule has 0 radical (unpaired) electrons. The average molecular weight is 208 g/mol. The summed E-state index contributed by atoms with van der Waals surface area (Å²) in [4.78, 5) is 10.5. The Kier molecular flexibility index (Phi) is 3.61. The largest absolute Gasteiger partial charge is 0.476 e. The summed E-state index contributed by atoms with van der Waals surface area (Å²) >= 11 is 0. The van der Waals surface area contributed by atoms with Crippen LogP contribution in [0.3, 0.4) is 0 Å². The average Bonchev–Trinajstić information content (AvgIpc) is 2.21. The molecule has 0 aliphatic carbocycles. The van der Waals surface area contributed by atoms with E-state index in [1.54, 1.807) is 19.1 Å². The number of hydrogen-bond donors (Lipinski definition) is 1. The first-order chi connectivity index (χ1) is 7.06. The van der Waals surface area contributed by atoms with Crippen LogP contribution in [0.5, 0.6) is 0 Å². The van der Waals surface area contributed by atoms with Gasteiger partial charge in [-0.05, 0) is 18.9 Å². The molecule has 15 heavy (non-hydrogen) atoms. The van der Waals surface area contributed by atoms with Gasteiger partial charge in [-0.3, -0.25) is 0 Å². The molecule has 80 valence electrons. The highest BCUT2D eigenvalue weighted by molar-refractivity contribution is 5.93. The topological polar surface area (TPSA) is 37.3 Å². The van der Waals surface area contributed by atoms with Crippen LogP contribution in [0, 0.1) is 6.92 Å². The minimum absolute atomic E-state index is 0.238. The summed E-state index contributed by atoms with van der Waals surface area (Å²) < 4.78 is 13.3. The molecule has 0 aliphatic rings. The minimum atomic E-state index is -1.51. The first kappa shape index (κ1) is 11.4. The van der Waals surface area contributed by atoms with Gasteiger partial charge in [0.2, 0.25) is 5.83 Å². The van der Waals surface area contributed by atoms with Gasteiger partial charge in [0.1, 0.15) is 0 Å². The van der Waals surface area contributed by atoms with Gasteiger partial charge in [0, 0.05) is 5.57 Å². The zero-order valence-corrected chi connectivity index (χ0v) is 8.75. The molecule has 0 aliphatic heterocycles. The first-order valence-corrected chi connectivity index (χ1v) is 4.75. The normalized spacial score (nSPS) is 12.2. The van der Waals surface area contributed by atoms with E-state index in [2.05, 4.69) is 0 Å². The summed E-state index contributed by atoms with van der Waals surface area (Å²) in [6, 6.07) is 7.13. The molecule has 0 unspecified atom stereocenters. The van der Waals surface area contributed by atoms with E-state index < -0.39 is 11.8 Å². The second-order valence-corrected chi connectivity index (χ2v) is 3.32. The molecule has 0 saturated carbocycles. The number of aliphatic carboxylic acids is 1. The first-order valence-electron chi connectivity index (χ1n) is 4.75. The van der Waals surface area contributed by atoms with Gasteiger partial charge in [0.15, 0.2) is 0 Å². The molecule has 0 fully saturated rings. The van der Waals surface area contributed by atoms with Crippen molar-refractivity contribution in [3.05, 3.63) is 41.2 Å². The van der Waals surface area contributed by atoms with Crippen LogP contribution in [0.4, 0.5) is 4.39 Å². The van der Waals surface area contributed by atoms with Gasteiger partial charge in [0.25, 0.3) is 0 Å². The summed E-state index contributed by atoms with van der Waals surface area (Å²) in [5, 5.41) is 8.57. The highest BCUT2D eigenvalue weighted by atomic mass is 19.1. The van der Waals surface area contributed by atoms with Crippen LogP contribution in [0.1, 0.15) is 24.5 Å². The zero-order chi connectivity index (χ0) is 11.4. The van der Waals surface area contributed by atoms with Crippen molar-refractivity contribution in [3.63, 3.8) is 0 Å². The van der Waals surface area contributed by atoms with Crippen LogP contribution in [-0.4, -0.2) is 11.1 Å². The zero-order valence-electron chi connectivity index (χ0n) is 8.75. The molecule has 1 N–H and O–H groups in total. The molecular weight excluding hydrogens is 195 g/mol. The van der Waals surface area contributed by atoms with Crippen LogP contribution < -0.4 is 0 Å². The number of carbonyl (C=O) groups is 1. The van der Waals surface area contributed by atoms with E-state index in [0.29, 0.717) is 12.0 Å². The lowest BCUT2D eigenvalue weighted by atomic mass is 10.0. The summed E-state index contributed by atoms with van der Waals surface area (Å²) in [5.41, 5.74) is 1.93. The Labute approximate surface area is 88.1 Å². The number of aryl methyl sites for hydroxylation is 1. The Bertz CT molecular complexity index is 391. The van der Waals surface area contributed by atoms with Crippen molar-refractivity contribution in [1.82, 2.24) is 0 Å². The van der Waals surface area contributed by atoms with E-state index in [9.17, 15) is 9.18 Å². The third-order valence-electron chi connectivity index (χ3n) is 2.21. The van der Waals surface area contributed by atoms with Crippen molar-refractivity contribution in [2.24, 2.45) is 0 Å². The number of carboxylic acid groups (broad SMARTS) is 1. The number of carboxylic acids is 1. The van der Waals surface area contributed by atoms with Gasteiger partial charge < -0.3 is 5.11 Å². The van der Waals surface area contributed by atoms with Crippen molar-refractivity contribution in [2.45, 2.75) is 20.3 Å². The monoisotopic (exact) mass is 208 g/mol. The van der Waals surface area contributed by atoms with Crippen molar-refractivity contribution in [3.8, 4) is 0 Å². The third-order valence-corrected chi connectivity index (χ3v) is 2.21. The number of rotatable bonds is 3. The molecule has 0 spiro atoms. The molecule has 0 aromatic heterocycles. The lowest BCUT2D eigenvalue weighted by molar-refractivity contribution is -0.134. The quantitative estimate of drug-likeness (QED) is 0.774. The number of hydrogen-bond acceptors (Lipinski definition) is 1. The molecular formula is C12H13FO2. The second kappa shape index (κ2) is 4.73. The fraction of sp³-hybridized carbons (Fsp3) is 0.250. The molecule has 1 aromatic rings. The van der Waals surface area contributed by atoms with E-state index in [1.165, 1.54) is 0 Å². The second-order valence-electron chi connectivity index (χ2n) is 3.32. The Balaban J connectivity index is 3.19. The summed E-state index contributed by atoms with van der Waals surface area (Å²) in [6.45, 7) is 3.66. The molecule has 0 bridgehead atoms. The Hall–Kier alpha value is -1.64. The van der Waals surface area contributed by atoms with E-state index >= 15 is 0 Å². The van der Waals surface area contributed by atoms with Crippen LogP contribution in [0.2, 0.25) is 0 Å². The molecule has 0 saturated heterocycles. The highest BCUT2D eigenvalue weighted by Gasteiger charge is 2.13. The fourth-order valence-electron chi connectivity index (χ4n) is 1.37. The van der Waals surface area contributed by atoms with Crippen LogP contribution >= 0.6 is 0 Å². The van der Waals surface area contributed by atoms with Gasteiger partial charge in [0.05, 0.1) is 0 Å². The van der Waals surface area contributed by atoms with Crippen LogP contribution in [0.25, 0.3) is 5.57 Å². The van der Waals surface area contributed by atoms with Crippen molar-refractivity contribution < 1.29 is 14.3 Å². The highest BCUT2D eigenvalue weighted by Crippen LogP contribution is 2.23. The van der Waals surface area contributed by atoms with E-state index in [-0.39, 0.29) is 5.57 Å².